The van der Waals surface area contributed by atoms with Gasteiger partial charge < -0.3 is 14.4 Å². The third-order valence-corrected chi connectivity index (χ3v) is 6.69. The van der Waals surface area contributed by atoms with Crippen molar-refractivity contribution in [1.29, 1.82) is 0 Å². The number of ether oxygens (including phenoxy) is 2. The Bertz CT molecular complexity index is 912. The van der Waals surface area contributed by atoms with Crippen molar-refractivity contribution in [3.8, 4) is 11.5 Å². The number of methoxy groups -OCH3 is 2. The average Bonchev–Trinajstić information content (AvgIpc) is 2.72. The third kappa shape index (κ3) is 4.64. The fraction of sp³-hybridized carbons (Fsp3) is 0.579. The lowest BCUT2D eigenvalue weighted by molar-refractivity contribution is 0.355. The van der Waals surface area contributed by atoms with Crippen LogP contribution in [0.15, 0.2) is 18.5 Å². The van der Waals surface area contributed by atoms with Crippen molar-refractivity contribution < 1.29 is 17.9 Å². The average molecular weight is 409 g/mol. The second-order valence-corrected chi connectivity index (χ2v) is 9.03. The number of rotatable bonds is 8. The van der Waals surface area contributed by atoms with Crippen LogP contribution in [-0.2, 0) is 10.0 Å². The number of anilines is 1. The summed E-state index contributed by atoms with van der Waals surface area (Å²) in [5.74, 6) is 2.84. The van der Waals surface area contributed by atoms with Crippen LogP contribution in [0.1, 0.15) is 26.2 Å². The van der Waals surface area contributed by atoms with Gasteiger partial charge in [-0.15, -0.1) is 0 Å². The van der Waals surface area contributed by atoms with Gasteiger partial charge in [0, 0.05) is 31.1 Å². The predicted octanol–water partition coefficient (Wildman–Crippen LogP) is 2.19. The molecule has 28 heavy (non-hydrogen) atoms. The van der Waals surface area contributed by atoms with Crippen LogP contribution in [0.5, 0.6) is 11.5 Å². The molecule has 0 aliphatic carbocycles. The van der Waals surface area contributed by atoms with Gasteiger partial charge in [-0.3, -0.25) is 0 Å². The van der Waals surface area contributed by atoms with Crippen LogP contribution in [-0.4, -0.2) is 58.0 Å². The zero-order chi connectivity index (χ0) is 20.1. The highest BCUT2D eigenvalue weighted by molar-refractivity contribution is 7.89. The van der Waals surface area contributed by atoms with E-state index in [1.807, 2.05) is 12.1 Å². The van der Waals surface area contributed by atoms with E-state index in [1.165, 1.54) is 0 Å². The van der Waals surface area contributed by atoms with Gasteiger partial charge in [-0.05, 0) is 38.2 Å². The Hall–Kier alpha value is -2.13. The van der Waals surface area contributed by atoms with Crippen molar-refractivity contribution in [2.45, 2.75) is 26.2 Å². The molecule has 0 saturated carbocycles. The summed E-state index contributed by atoms with van der Waals surface area (Å²) in [4.78, 5) is 11.2. The normalized spacial score (nSPS) is 15.8. The van der Waals surface area contributed by atoms with Crippen LogP contribution < -0.4 is 19.1 Å². The molecule has 1 saturated heterocycles. The number of piperidine rings is 1. The molecule has 0 bridgehead atoms. The fourth-order valence-corrected chi connectivity index (χ4v) is 4.21. The van der Waals surface area contributed by atoms with Crippen molar-refractivity contribution in [3.05, 3.63) is 18.5 Å². The van der Waals surface area contributed by atoms with Gasteiger partial charge >= 0.3 is 0 Å². The summed E-state index contributed by atoms with van der Waals surface area (Å²) in [5.41, 5.74) is 0.818. The topological polar surface area (TPSA) is 93.7 Å². The van der Waals surface area contributed by atoms with Crippen LogP contribution in [0.4, 0.5) is 5.82 Å². The van der Waals surface area contributed by atoms with E-state index < -0.39 is 10.0 Å². The SMILES string of the molecule is CCS(=O)(=O)NCCC1CCN(c2ncnc3cc(OC)c(OC)cc23)CC1. The highest BCUT2D eigenvalue weighted by Gasteiger charge is 2.22. The molecule has 154 valence electrons. The predicted molar refractivity (Wildman–Crippen MR) is 110 cm³/mol. The summed E-state index contributed by atoms with van der Waals surface area (Å²) >= 11 is 0. The zero-order valence-electron chi connectivity index (χ0n) is 16.6. The largest absolute Gasteiger partial charge is 0.493 e. The number of benzene rings is 1. The van der Waals surface area contributed by atoms with Gasteiger partial charge in [0.2, 0.25) is 10.0 Å². The van der Waals surface area contributed by atoms with Crippen molar-refractivity contribution in [3.63, 3.8) is 0 Å². The Balaban J connectivity index is 1.68. The summed E-state index contributed by atoms with van der Waals surface area (Å²) in [6.07, 6.45) is 4.46. The maximum atomic E-state index is 11.5. The van der Waals surface area contributed by atoms with Crippen LogP contribution >= 0.6 is 0 Å². The molecular formula is C19H28N4O4S. The van der Waals surface area contributed by atoms with E-state index in [9.17, 15) is 8.42 Å². The minimum absolute atomic E-state index is 0.125. The first-order chi connectivity index (χ1) is 13.5. The van der Waals surface area contributed by atoms with E-state index in [-0.39, 0.29) is 5.75 Å². The molecule has 0 atom stereocenters. The first-order valence-corrected chi connectivity index (χ1v) is 11.2. The maximum absolute atomic E-state index is 11.5. The van der Waals surface area contributed by atoms with Crippen molar-refractivity contribution in [2.75, 3.05) is 44.5 Å². The Morgan fingerprint density at radius 2 is 1.82 bits per heavy atom. The molecule has 0 spiro atoms. The van der Waals surface area contributed by atoms with Gasteiger partial charge in [0.1, 0.15) is 12.1 Å². The quantitative estimate of drug-likeness (QED) is 0.715. The van der Waals surface area contributed by atoms with Gasteiger partial charge in [0.15, 0.2) is 11.5 Å². The lowest BCUT2D eigenvalue weighted by atomic mass is 9.93. The summed E-state index contributed by atoms with van der Waals surface area (Å²) in [6, 6.07) is 3.79. The van der Waals surface area contributed by atoms with Crippen molar-refractivity contribution >= 4 is 26.7 Å². The maximum Gasteiger partial charge on any atom is 0.211 e. The molecule has 0 radical (unpaired) electrons. The Morgan fingerprint density at radius 1 is 1.14 bits per heavy atom. The molecule has 1 aliphatic heterocycles. The number of fused-ring (bicyclic) bond motifs is 1. The molecule has 1 aromatic carbocycles. The standard InChI is InChI=1S/C19H28N4O4S/c1-4-28(24,25)22-8-5-14-6-9-23(10-7-14)19-15-11-17(26-2)18(27-3)12-16(15)20-13-21-19/h11-14,22H,4-10H2,1-3H3. The molecule has 1 fully saturated rings. The molecular weight excluding hydrogens is 380 g/mol. The number of nitrogens with one attached hydrogen (secondary N) is 1. The number of hydrogen-bond donors (Lipinski definition) is 1. The highest BCUT2D eigenvalue weighted by atomic mass is 32.2. The van der Waals surface area contributed by atoms with Crippen LogP contribution in [0.3, 0.4) is 0 Å². The minimum atomic E-state index is -3.11. The molecule has 1 aromatic heterocycles. The number of hydrogen-bond acceptors (Lipinski definition) is 7. The summed E-state index contributed by atoms with van der Waals surface area (Å²) in [6.45, 7) is 3.92. The summed E-state index contributed by atoms with van der Waals surface area (Å²) < 4.78 is 36.5. The van der Waals surface area contributed by atoms with Gasteiger partial charge in [-0.25, -0.2) is 23.1 Å². The van der Waals surface area contributed by atoms with E-state index in [1.54, 1.807) is 27.5 Å². The van der Waals surface area contributed by atoms with Gasteiger partial charge in [-0.1, -0.05) is 0 Å². The Labute approximate surface area is 166 Å². The van der Waals surface area contributed by atoms with E-state index in [4.69, 9.17) is 9.47 Å². The Morgan fingerprint density at radius 3 is 2.46 bits per heavy atom. The van der Waals surface area contributed by atoms with Gasteiger partial charge in [0.25, 0.3) is 0 Å². The van der Waals surface area contributed by atoms with Crippen LogP contribution in [0.2, 0.25) is 0 Å². The van der Waals surface area contributed by atoms with E-state index >= 15 is 0 Å². The van der Waals surface area contributed by atoms with Gasteiger partial charge in [0.05, 0.1) is 25.5 Å². The Kier molecular flexibility index (Phi) is 6.56. The number of aromatic nitrogens is 2. The second-order valence-electron chi connectivity index (χ2n) is 6.94. The first kappa shape index (κ1) is 20.6. The van der Waals surface area contributed by atoms with Crippen molar-refractivity contribution in [2.24, 2.45) is 5.92 Å². The first-order valence-electron chi connectivity index (χ1n) is 9.56. The number of sulfonamides is 1. The molecule has 0 amide bonds. The lowest BCUT2D eigenvalue weighted by Crippen LogP contribution is -2.36. The van der Waals surface area contributed by atoms with Crippen molar-refractivity contribution in [1.82, 2.24) is 14.7 Å². The monoisotopic (exact) mass is 408 g/mol. The second kappa shape index (κ2) is 8.91. The van der Waals surface area contributed by atoms with Crippen LogP contribution in [0, 0.1) is 5.92 Å². The lowest BCUT2D eigenvalue weighted by Gasteiger charge is -2.33. The molecule has 3 rings (SSSR count). The smallest absolute Gasteiger partial charge is 0.211 e. The molecule has 1 aliphatic rings. The highest BCUT2D eigenvalue weighted by Crippen LogP contribution is 2.35. The molecule has 2 heterocycles. The molecule has 0 unspecified atom stereocenters. The summed E-state index contributed by atoms with van der Waals surface area (Å²) in [5, 5.41) is 0.939. The minimum Gasteiger partial charge on any atom is -0.493 e. The summed E-state index contributed by atoms with van der Waals surface area (Å²) in [7, 11) is 0.115. The molecule has 1 N–H and O–H groups in total. The molecule has 2 aromatic rings. The van der Waals surface area contributed by atoms with E-state index in [2.05, 4.69) is 19.6 Å². The van der Waals surface area contributed by atoms with E-state index in [0.717, 1.165) is 49.1 Å². The molecule has 9 heteroatoms. The molecule has 8 nitrogen and oxygen atoms in total. The van der Waals surface area contributed by atoms with E-state index in [0.29, 0.717) is 24.0 Å². The fourth-order valence-electron chi connectivity index (χ4n) is 3.58. The van der Waals surface area contributed by atoms with Gasteiger partial charge in [-0.2, -0.15) is 0 Å². The van der Waals surface area contributed by atoms with Crippen LogP contribution in [0.25, 0.3) is 10.9 Å². The zero-order valence-corrected chi connectivity index (χ0v) is 17.5. The number of nitrogens with zero attached hydrogens (tertiary/aromatic N) is 3. The third-order valence-electron chi connectivity index (χ3n) is 5.29.